The molecule has 0 aliphatic rings. The summed E-state index contributed by atoms with van der Waals surface area (Å²) in [5.74, 6) is 0.242. The van der Waals surface area contributed by atoms with Gasteiger partial charge in [-0.2, -0.15) is 4.94 Å². The highest BCUT2D eigenvalue weighted by molar-refractivity contribution is 5.75. The lowest BCUT2D eigenvalue weighted by molar-refractivity contribution is -0.147. The van der Waals surface area contributed by atoms with Gasteiger partial charge in [0.25, 0.3) is 0 Å². The third-order valence-corrected chi connectivity index (χ3v) is 1.83. The van der Waals surface area contributed by atoms with E-state index in [1.54, 1.807) is 6.92 Å². The summed E-state index contributed by atoms with van der Waals surface area (Å²) < 4.78 is 11.6. The van der Waals surface area contributed by atoms with Gasteiger partial charge in [0.1, 0.15) is 5.78 Å². The fraction of sp³-hybridized carbons (Fsp3) is 0.889. The van der Waals surface area contributed by atoms with Gasteiger partial charge in [-0.15, -0.1) is 0 Å². The van der Waals surface area contributed by atoms with Crippen LogP contribution in [0.2, 0.25) is 0 Å². The number of rotatable bonds is 7. The molecule has 0 rings (SSSR count). The molecule has 0 heterocycles. The van der Waals surface area contributed by atoms with Gasteiger partial charge in [0, 0.05) is 13.0 Å². The van der Waals surface area contributed by atoms with Crippen molar-refractivity contribution < 1.29 is 14.3 Å². The van der Waals surface area contributed by atoms with Crippen molar-refractivity contribution in [3.8, 4) is 0 Å². The minimum Gasteiger partial charge on any atom is -0.309 e. The predicted octanol–water partition coefficient (Wildman–Crippen LogP) is 1.43. The van der Waals surface area contributed by atoms with Crippen LogP contribution < -0.4 is 0 Å². The molecule has 78 valence electrons. The van der Waals surface area contributed by atoms with E-state index in [0.717, 1.165) is 6.54 Å². The fourth-order valence-electron chi connectivity index (χ4n) is 1.24. The minimum absolute atomic E-state index is 0.0749. The molecule has 0 radical (unpaired) electrons. The minimum atomic E-state index is 0.0749. The molecule has 3 nitrogen and oxygen atoms in total. The first-order valence-electron chi connectivity index (χ1n) is 4.44. The van der Waals surface area contributed by atoms with Crippen LogP contribution in [-0.4, -0.2) is 37.9 Å². The van der Waals surface area contributed by atoms with Gasteiger partial charge in [0.2, 0.25) is 0 Å². The van der Waals surface area contributed by atoms with E-state index in [2.05, 4.69) is 4.94 Å². The van der Waals surface area contributed by atoms with Crippen molar-refractivity contribution >= 4 is 5.78 Å². The summed E-state index contributed by atoms with van der Waals surface area (Å²) in [5.41, 5.74) is 0. The van der Waals surface area contributed by atoms with E-state index in [4.69, 9.17) is 0 Å². The van der Waals surface area contributed by atoms with Crippen LogP contribution in [0.3, 0.4) is 0 Å². The molecule has 0 N–H and O–H groups in total. The molecule has 0 aromatic rings. The second kappa shape index (κ2) is 6.97. The zero-order valence-corrected chi connectivity index (χ0v) is 8.55. The molecule has 0 aliphatic carbocycles. The quantitative estimate of drug-likeness (QED) is 0.609. The number of Topliss-reactive ketones (excluding diaryl/α,β-unsaturated/α-hetero) is 1. The Labute approximate surface area is 78.8 Å². The highest BCUT2D eigenvalue weighted by Gasteiger charge is 2.11. The number of ketones is 1. The van der Waals surface area contributed by atoms with Gasteiger partial charge in [0.15, 0.2) is 0 Å². The molecule has 0 saturated heterocycles. The first kappa shape index (κ1) is 12.5. The summed E-state index contributed by atoms with van der Waals surface area (Å²) >= 11 is 0. The average molecular weight is 191 g/mol. The summed E-state index contributed by atoms with van der Waals surface area (Å²) in [6.45, 7) is 2.37. The lowest BCUT2D eigenvalue weighted by atomic mass is 10.0. The Morgan fingerprint density at radius 3 is 2.54 bits per heavy atom. The predicted molar refractivity (Wildman–Crippen MR) is 49.0 cm³/mol. The monoisotopic (exact) mass is 191 g/mol. The summed E-state index contributed by atoms with van der Waals surface area (Å²) in [4.78, 5) is 16.3. The summed E-state index contributed by atoms with van der Waals surface area (Å²) in [7, 11) is 3.83. The number of carbonyl (C=O) groups excluding carboxylic acids is 1. The van der Waals surface area contributed by atoms with Gasteiger partial charge in [0.05, 0.1) is 6.61 Å². The second-order valence-corrected chi connectivity index (χ2v) is 3.64. The number of hydrogen-bond donors (Lipinski definition) is 0. The molecular formula is C9H18FNO2. The van der Waals surface area contributed by atoms with Crippen molar-refractivity contribution in [2.45, 2.75) is 19.8 Å². The third-order valence-electron chi connectivity index (χ3n) is 1.83. The first-order valence-corrected chi connectivity index (χ1v) is 4.44. The highest BCUT2D eigenvalue weighted by Crippen LogP contribution is 2.09. The Morgan fingerprint density at radius 1 is 1.54 bits per heavy atom. The normalized spacial score (nSPS) is 13.3. The molecule has 1 atom stereocenters. The third kappa shape index (κ3) is 7.87. The van der Waals surface area contributed by atoms with Crippen LogP contribution >= 0.6 is 0 Å². The molecular weight excluding hydrogens is 173 g/mol. The average Bonchev–Trinajstić information content (AvgIpc) is 1.99. The maximum Gasteiger partial charge on any atom is 0.129 e. The van der Waals surface area contributed by atoms with E-state index in [0.29, 0.717) is 12.8 Å². The summed E-state index contributed by atoms with van der Waals surface area (Å²) in [6.07, 6.45) is 1.19. The molecule has 0 aliphatic heterocycles. The summed E-state index contributed by atoms with van der Waals surface area (Å²) in [5, 5.41) is 0. The van der Waals surface area contributed by atoms with Crippen LogP contribution in [0.25, 0.3) is 0 Å². The molecule has 0 fully saturated rings. The summed E-state index contributed by atoms with van der Waals surface area (Å²) in [6, 6.07) is 0. The van der Waals surface area contributed by atoms with Crippen LogP contribution in [0, 0.1) is 5.92 Å². The zero-order valence-electron chi connectivity index (χ0n) is 8.55. The van der Waals surface area contributed by atoms with Gasteiger partial charge in [-0.1, -0.05) is 0 Å². The number of halogens is 1. The molecule has 13 heavy (non-hydrogen) atoms. The highest BCUT2D eigenvalue weighted by atomic mass is 19.3. The molecule has 0 spiro atoms. The van der Waals surface area contributed by atoms with Crippen molar-refractivity contribution in [3.63, 3.8) is 0 Å². The second-order valence-electron chi connectivity index (χ2n) is 3.64. The van der Waals surface area contributed by atoms with Crippen molar-refractivity contribution in [3.05, 3.63) is 0 Å². The Kier molecular flexibility index (Phi) is 6.72. The van der Waals surface area contributed by atoms with Gasteiger partial charge in [-0.05, 0) is 37.9 Å². The van der Waals surface area contributed by atoms with Crippen LogP contribution in [0.5, 0.6) is 0 Å². The van der Waals surface area contributed by atoms with E-state index < -0.39 is 0 Å². The van der Waals surface area contributed by atoms with Gasteiger partial charge in [-0.25, -0.2) is 0 Å². The van der Waals surface area contributed by atoms with Crippen LogP contribution in [0.4, 0.5) is 4.53 Å². The Hall–Kier alpha value is -0.480. The zero-order chi connectivity index (χ0) is 10.3. The van der Waals surface area contributed by atoms with Gasteiger partial charge >= 0.3 is 0 Å². The van der Waals surface area contributed by atoms with Crippen LogP contribution in [0.1, 0.15) is 19.8 Å². The SMILES string of the molecule is CC(=O)CCC(COF)CN(C)C. The Morgan fingerprint density at radius 2 is 2.15 bits per heavy atom. The lowest BCUT2D eigenvalue weighted by Crippen LogP contribution is -2.25. The first-order chi connectivity index (χ1) is 6.06. The molecule has 0 bridgehead atoms. The van der Waals surface area contributed by atoms with E-state index >= 15 is 0 Å². The molecule has 0 saturated carbocycles. The van der Waals surface area contributed by atoms with Crippen molar-refractivity contribution in [2.75, 3.05) is 27.2 Å². The van der Waals surface area contributed by atoms with Crippen molar-refractivity contribution in [1.29, 1.82) is 0 Å². The van der Waals surface area contributed by atoms with E-state index in [9.17, 15) is 9.32 Å². The largest absolute Gasteiger partial charge is 0.309 e. The Balaban J connectivity index is 3.72. The van der Waals surface area contributed by atoms with Gasteiger partial charge < -0.3 is 9.69 Å². The van der Waals surface area contributed by atoms with Crippen LogP contribution in [0.15, 0.2) is 0 Å². The molecule has 4 heteroatoms. The molecule has 0 aromatic heterocycles. The van der Waals surface area contributed by atoms with Gasteiger partial charge in [-0.3, -0.25) is 0 Å². The van der Waals surface area contributed by atoms with Crippen molar-refractivity contribution in [2.24, 2.45) is 5.92 Å². The lowest BCUT2D eigenvalue weighted by Gasteiger charge is -2.18. The number of hydrogen-bond acceptors (Lipinski definition) is 3. The van der Waals surface area contributed by atoms with Crippen LogP contribution in [-0.2, 0) is 9.74 Å². The van der Waals surface area contributed by atoms with Crippen molar-refractivity contribution in [1.82, 2.24) is 4.90 Å². The fourth-order valence-corrected chi connectivity index (χ4v) is 1.24. The Bertz CT molecular complexity index is 151. The standard InChI is InChI=1S/C9H18FNO2/c1-8(12)4-5-9(7-13-10)6-11(2)3/h9H,4-7H2,1-3H3. The molecule has 1 unspecified atom stereocenters. The molecule has 0 aromatic carbocycles. The molecule has 0 amide bonds. The van der Waals surface area contributed by atoms with E-state index in [1.165, 1.54) is 0 Å². The maximum absolute atomic E-state index is 11.6. The van der Waals surface area contributed by atoms with E-state index in [1.807, 2.05) is 19.0 Å². The number of carbonyl (C=O) groups is 1. The maximum atomic E-state index is 11.6. The number of nitrogens with zero attached hydrogens (tertiary/aromatic N) is 1. The smallest absolute Gasteiger partial charge is 0.129 e. The topological polar surface area (TPSA) is 29.5 Å². The van der Waals surface area contributed by atoms with E-state index in [-0.39, 0.29) is 18.3 Å².